The van der Waals surface area contributed by atoms with Crippen molar-refractivity contribution in [3.63, 3.8) is 0 Å². The number of aromatic nitrogens is 2. The number of rotatable bonds is 6. The Morgan fingerprint density at radius 1 is 1.44 bits per heavy atom. The Bertz CT molecular complexity index is 601. The lowest BCUT2D eigenvalue weighted by Gasteiger charge is -2.37. The van der Waals surface area contributed by atoms with Gasteiger partial charge in [0.25, 0.3) is 0 Å². The fourth-order valence-electron chi connectivity index (χ4n) is 4.21. The summed E-state index contributed by atoms with van der Waals surface area (Å²) >= 11 is 0. The molecular weight excluding hydrogens is 457 g/mol. The number of ether oxygens (including phenoxy) is 2. The number of nitrogens with one attached hydrogen (secondary N) is 1. The fraction of sp³-hybridized carbons (Fsp3) is 0.789. The third kappa shape index (κ3) is 5.80. The number of halogens is 1. The van der Waals surface area contributed by atoms with Gasteiger partial charge in [0.05, 0.1) is 19.3 Å². The molecule has 1 aromatic heterocycles. The molecule has 0 amide bonds. The van der Waals surface area contributed by atoms with E-state index in [1.807, 2.05) is 31.2 Å². The van der Waals surface area contributed by atoms with Crippen LogP contribution in [0.5, 0.6) is 0 Å². The Balaban J connectivity index is 0.00000261. The maximum atomic E-state index is 5.96. The van der Waals surface area contributed by atoms with Crippen LogP contribution in [-0.2, 0) is 16.5 Å². The van der Waals surface area contributed by atoms with E-state index in [0.717, 1.165) is 44.2 Å². The van der Waals surface area contributed by atoms with Crippen LogP contribution < -0.4 is 5.32 Å². The lowest BCUT2D eigenvalue weighted by molar-refractivity contribution is -0.00826. The topological polar surface area (TPSA) is 63.9 Å². The van der Waals surface area contributed by atoms with Crippen LogP contribution in [0.1, 0.15) is 43.8 Å². The number of guanidine groups is 1. The number of aryl methyl sites for hydroxylation is 1. The first-order chi connectivity index (χ1) is 12.7. The minimum absolute atomic E-state index is 0. The number of morpholine rings is 1. The van der Waals surface area contributed by atoms with Crippen LogP contribution in [0.2, 0.25) is 0 Å². The van der Waals surface area contributed by atoms with Crippen molar-refractivity contribution in [2.75, 3.05) is 47.0 Å². The average Bonchev–Trinajstić information content (AvgIpc) is 3.31. The fourth-order valence-corrected chi connectivity index (χ4v) is 4.21. The standard InChI is InChI=1S/C19H33N5O2.HI/c1-20-18(21-15-19(8-10-25-3)6-4-5-7-19)24-9-11-26-17(14-24)16-12-22-23(2)13-16;/h12-13,17H,4-11,14-15H2,1-3H3,(H,20,21);1H. The van der Waals surface area contributed by atoms with Crippen molar-refractivity contribution in [2.45, 2.75) is 38.2 Å². The monoisotopic (exact) mass is 491 g/mol. The average molecular weight is 491 g/mol. The Hall–Kier alpha value is -0.870. The predicted molar refractivity (Wildman–Crippen MR) is 118 cm³/mol. The van der Waals surface area contributed by atoms with Gasteiger partial charge in [-0.05, 0) is 24.7 Å². The van der Waals surface area contributed by atoms with Gasteiger partial charge in [0.2, 0.25) is 0 Å². The summed E-state index contributed by atoms with van der Waals surface area (Å²) in [5.74, 6) is 0.978. The third-order valence-electron chi connectivity index (χ3n) is 5.80. The second kappa shape index (κ2) is 10.6. The van der Waals surface area contributed by atoms with Gasteiger partial charge >= 0.3 is 0 Å². The Morgan fingerprint density at radius 3 is 2.85 bits per heavy atom. The van der Waals surface area contributed by atoms with E-state index in [0.29, 0.717) is 12.0 Å². The summed E-state index contributed by atoms with van der Waals surface area (Å²) in [6.45, 7) is 4.17. The van der Waals surface area contributed by atoms with E-state index in [1.54, 1.807) is 7.11 Å². The smallest absolute Gasteiger partial charge is 0.193 e. The van der Waals surface area contributed by atoms with Crippen molar-refractivity contribution < 1.29 is 9.47 Å². The van der Waals surface area contributed by atoms with Gasteiger partial charge in [-0.15, -0.1) is 24.0 Å². The summed E-state index contributed by atoms with van der Waals surface area (Å²) < 4.78 is 13.1. The van der Waals surface area contributed by atoms with Crippen LogP contribution in [0.4, 0.5) is 0 Å². The van der Waals surface area contributed by atoms with E-state index >= 15 is 0 Å². The molecule has 2 fully saturated rings. The SMILES string of the molecule is CN=C(NCC1(CCOC)CCCC1)N1CCOC(c2cnn(C)c2)C1.I. The molecule has 1 aliphatic heterocycles. The maximum Gasteiger partial charge on any atom is 0.193 e. The van der Waals surface area contributed by atoms with E-state index in [1.165, 1.54) is 25.7 Å². The summed E-state index contributed by atoms with van der Waals surface area (Å²) in [4.78, 5) is 6.85. The van der Waals surface area contributed by atoms with E-state index < -0.39 is 0 Å². The Kier molecular flexibility index (Phi) is 8.81. The lowest BCUT2D eigenvalue weighted by atomic mass is 9.83. The number of hydrogen-bond donors (Lipinski definition) is 1. The lowest BCUT2D eigenvalue weighted by Crippen LogP contribution is -2.50. The molecule has 1 N–H and O–H groups in total. The van der Waals surface area contributed by atoms with Crippen molar-refractivity contribution >= 4 is 29.9 Å². The molecule has 0 radical (unpaired) electrons. The molecule has 2 heterocycles. The van der Waals surface area contributed by atoms with E-state index in [2.05, 4.69) is 20.3 Å². The normalized spacial score (nSPS) is 22.6. The van der Waals surface area contributed by atoms with Crippen LogP contribution in [-0.4, -0.2) is 67.6 Å². The van der Waals surface area contributed by atoms with Gasteiger partial charge in [0, 0.05) is 52.7 Å². The molecule has 0 bridgehead atoms. The predicted octanol–water partition coefficient (Wildman–Crippen LogP) is 2.58. The molecule has 0 aromatic carbocycles. The van der Waals surface area contributed by atoms with Crippen molar-refractivity contribution in [1.82, 2.24) is 20.0 Å². The summed E-state index contributed by atoms with van der Waals surface area (Å²) in [7, 11) is 5.60. The molecule has 1 aromatic rings. The van der Waals surface area contributed by atoms with Crippen molar-refractivity contribution in [1.29, 1.82) is 0 Å². The number of methoxy groups -OCH3 is 1. The van der Waals surface area contributed by atoms with Crippen LogP contribution >= 0.6 is 24.0 Å². The molecule has 0 spiro atoms. The summed E-state index contributed by atoms with van der Waals surface area (Å²) in [5, 5.41) is 7.92. The zero-order valence-electron chi connectivity index (χ0n) is 16.8. The molecule has 3 rings (SSSR count). The van der Waals surface area contributed by atoms with Gasteiger partial charge in [-0.3, -0.25) is 9.67 Å². The molecule has 2 aliphatic rings. The molecule has 154 valence electrons. The van der Waals surface area contributed by atoms with Gasteiger partial charge in [-0.2, -0.15) is 5.10 Å². The highest BCUT2D eigenvalue weighted by Gasteiger charge is 2.34. The van der Waals surface area contributed by atoms with Crippen LogP contribution in [0, 0.1) is 5.41 Å². The zero-order chi connectivity index (χ0) is 18.4. The Morgan fingerprint density at radius 2 is 2.22 bits per heavy atom. The molecular formula is C19H34IN5O2. The first-order valence-electron chi connectivity index (χ1n) is 9.70. The molecule has 8 heteroatoms. The minimum Gasteiger partial charge on any atom is -0.385 e. The van der Waals surface area contributed by atoms with E-state index in [-0.39, 0.29) is 30.1 Å². The zero-order valence-corrected chi connectivity index (χ0v) is 19.1. The van der Waals surface area contributed by atoms with Crippen LogP contribution in [0.25, 0.3) is 0 Å². The first-order valence-corrected chi connectivity index (χ1v) is 9.70. The molecule has 1 saturated heterocycles. The molecule has 1 saturated carbocycles. The number of nitrogens with zero attached hydrogens (tertiary/aromatic N) is 4. The largest absolute Gasteiger partial charge is 0.385 e. The molecule has 1 aliphatic carbocycles. The van der Waals surface area contributed by atoms with Crippen molar-refractivity contribution in [3.8, 4) is 0 Å². The van der Waals surface area contributed by atoms with E-state index in [9.17, 15) is 0 Å². The third-order valence-corrected chi connectivity index (χ3v) is 5.80. The molecule has 27 heavy (non-hydrogen) atoms. The molecule has 1 atom stereocenters. The van der Waals surface area contributed by atoms with Crippen molar-refractivity contribution in [3.05, 3.63) is 18.0 Å². The summed E-state index contributed by atoms with van der Waals surface area (Å²) in [5.41, 5.74) is 1.47. The highest BCUT2D eigenvalue weighted by molar-refractivity contribution is 14.0. The Labute approximate surface area is 179 Å². The van der Waals surface area contributed by atoms with Gasteiger partial charge in [0.1, 0.15) is 6.10 Å². The maximum absolute atomic E-state index is 5.96. The van der Waals surface area contributed by atoms with E-state index in [4.69, 9.17) is 9.47 Å². The molecule has 1 unspecified atom stereocenters. The quantitative estimate of drug-likeness (QED) is 0.377. The number of aliphatic imine (C=N–C) groups is 1. The van der Waals surface area contributed by atoms with Gasteiger partial charge in [0.15, 0.2) is 5.96 Å². The summed E-state index contributed by atoms with van der Waals surface area (Å²) in [6.07, 6.45) is 10.3. The van der Waals surface area contributed by atoms with Crippen LogP contribution in [0.15, 0.2) is 17.4 Å². The summed E-state index contributed by atoms with van der Waals surface area (Å²) in [6, 6.07) is 0. The second-order valence-electron chi connectivity index (χ2n) is 7.60. The minimum atomic E-state index is 0. The van der Waals surface area contributed by atoms with Crippen LogP contribution in [0.3, 0.4) is 0 Å². The van der Waals surface area contributed by atoms with Gasteiger partial charge < -0.3 is 19.7 Å². The first kappa shape index (κ1) is 22.4. The molecule has 7 nitrogen and oxygen atoms in total. The second-order valence-corrected chi connectivity index (χ2v) is 7.60. The highest BCUT2D eigenvalue weighted by Crippen LogP contribution is 2.40. The van der Waals surface area contributed by atoms with Crippen molar-refractivity contribution in [2.24, 2.45) is 17.5 Å². The highest BCUT2D eigenvalue weighted by atomic mass is 127. The van der Waals surface area contributed by atoms with Gasteiger partial charge in [-0.1, -0.05) is 12.8 Å². The van der Waals surface area contributed by atoms with Gasteiger partial charge in [-0.25, -0.2) is 0 Å². The number of hydrogen-bond acceptors (Lipinski definition) is 4.